The van der Waals surface area contributed by atoms with Crippen molar-refractivity contribution in [2.75, 3.05) is 28.2 Å². The Hall–Kier alpha value is -0.460. The molecule has 0 saturated carbocycles. The molecule has 0 amide bonds. The fourth-order valence-corrected chi connectivity index (χ4v) is 8.67. The molecule has 2 aromatic rings. The van der Waals surface area contributed by atoms with Crippen LogP contribution >= 0.6 is 50.2 Å². The second-order valence-electron chi connectivity index (χ2n) is 5.43. The summed E-state index contributed by atoms with van der Waals surface area (Å²) >= 11 is 17.2. The highest BCUT2D eigenvalue weighted by Gasteiger charge is 2.40. The molecule has 0 bridgehead atoms. The molecule has 0 aliphatic heterocycles. The van der Waals surface area contributed by atoms with Gasteiger partial charge in [-0.25, -0.2) is 9.65 Å². The number of hydrogen-bond acceptors (Lipinski definition) is 4. The molecule has 1 aromatic carbocycles. The molecule has 0 aliphatic carbocycles. The number of fused-ring (bicyclic) bond motifs is 1. The summed E-state index contributed by atoms with van der Waals surface area (Å²) in [5.74, 6) is 0.107. The van der Waals surface area contributed by atoms with E-state index in [1.54, 1.807) is 28.2 Å². The van der Waals surface area contributed by atoms with Gasteiger partial charge in [0, 0.05) is 0 Å². The zero-order valence-electron chi connectivity index (χ0n) is 13.4. The molecule has 2 rings (SSSR count). The summed E-state index contributed by atoms with van der Waals surface area (Å²) in [6.45, 7) is 0. The maximum Gasteiger partial charge on any atom is 0.311 e. The topological polar surface area (TPSA) is 84.5 Å². The molecule has 0 spiro atoms. The summed E-state index contributed by atoms with van der Waals surface area (Å²) in [6, 6.07) is 3.05. The van der Waals surface area contributed by atoms with E-state index in [1.807, 2.05) is 0 Å². The third kappa shape index (κ3) is 3.17. The van der Waals surface area contributed by atoms with Crippen molar-refractivity contribution < 1.29 is 9.13 Å². The molecule has 2 atom stereocenters. The van der Waals surface area contributed by atoms with Crippen LogP contribution in [0.2, 0.25) is 10.0 Å². The van der Waals surface area contributed by atoms with E-state index < -0.39 is 14.8 Å². The Morgan fingerprint density at radius 2 is 1.83 bits per heavy atom. The van der Waals surface area contributed by atoms with Crippen LogP contribution in [0.1, 0.15) is 5.82 Å². The van der Waals surface area contributed by atoms with Crippen molar-refractivity contribution in [3.63, 3.8) is 0 Å². The SMILES string of the molecule is CN(C)[PH](=O)P(=O)(N(C)C)n1c(C(N)=S)nc2cc(Cl)c(Cl)cc21. The Morgan fingerprint density at radius 1 is 1.29 bits per heavy atom. The first-order chi connectivity index (χ1) is 11.0. The highest BCUT2D eigenvalue weighted by atomic mass is 35.5. The molecule has 1 heterocycles. The second-order valence-corrected chi connectivity index (χ2v) is 13.3. The van der Waals surface area contributed by atoms with Gasteiger partial charge in [0.05, 0.1) is 21.1 Å². The van der Waals surface area contributed by atoms with Crippen LogP contribution < -0.4 is 5.73 Å². The van der Waals surface area contributed by atoms with Gasteiger partial charge in [0.25, 0.3) is 0 Å². The van der Waals surface area contributed by atoms with E-state index in [-0.39, 0.29) is 15.8 Å². The van der Waals surface area contributed by atoms with E-state index in [4.69, 9.17) is 41.2 Å². The molecule has 0 saturated heterocycles. The van der Waals surface area contributed by atoms with Crippen molar-refractivity contribution in [1.29, 1.82) is 0 Å². The quantitative estimate of drug-likeness (QED) is 0.576. The van der Waals surface area contributed by atoms with Crippen LogP contribution in [-0.2, 0) is 9.13 Å². The monoisotopic (exact) mass is 427 g/mol. The van der Waals surface area contributed by atoms with E-state index in [0.717, 1.165) is 0 Å². The number of hydrogen-bond donors (Lipinski definition) is 1. The van der Waals surface area contributed by atoms with Gasteiger partial charge in [-0.1, -0.05) is 35.4 Å². The Kier molecular flexibility index (Phi) is 5.83. The first kappa shape index (κ1) is 19.9. The van der Waals surface area contributed by atoms with E-state index in [9.17, 15) is 9.13 Å². The zero-order chi connectivity index (χ0) is 18.4. The van der Waals surface area contributed by atoms with Gasteiger partial charge in [-0.3, -0.25) is 18.1 Å². The second kappa shape index (κ2) is 7.04. The van der Waals surface area contributed by atoms with Crippen LogP contribution in [0.4, 0.5) is 0 Å². The van der Waals surface area contributed by atoms with Crippen molar-refractivity contribution >= 4 is 66.2 Å². The highest BCUT2D eigenvalue weighted by Crippen LogP contribution is 2.72. The lowest BCUT2D eigenvalue weighted by atomic mass is 10.3. The first-order valence-electron chi connectivity index (χ1n) is 6.69. The van der Waals surface area contributed by atoms with Crippen LogP contribution in [0.5, 0.6) is 0 Å². The van der Waals surface area contributed by atoms with E-state index in [0.29, 0.717) is 16.1 Å². The Labute approximate surface area is 155 Å². The van der Waals surface area contributed by atoms with Gasteiger partial charge in [0.2, 0.25) is 7.64 Å². The highest BCUT2D eigenvalue weighted by molar-refractivity contribution is 8.24. The Balaban J connectivity index is 2.98. The molecule has 24 heavy (non-hydrogen) atoms. The van der Waals surface area contributed by atoms with Gasteiger partial charge in [-0.15, -0.1) is 0 Å². The maximum atomic E-state index is 13.8. The van der Waals surface area contributed by atoms with Crippen molar-refractivity contribution in [3.8, 4) is 0 Å². The largest absolute Gasteiger partial charge is 0.387 e. The summed E-state index contributed by atoms with van der Waals surface area (Å²) in [4.78, 5) is 4.26. The van der Waals surface area contributed by atoms with Crippen molar-refractivity contribution in [3.05, 3.63) is 28.0 Å². The van der Waals surface area contributed by atoms with E-state index >= 15 is 0 Å². The number of nitrogens with two attached hydrogens (primary N) is 1. The van der Waals surface area contributed by atoms with E-state index in [2.05, 4.69) is 4.98 Å². The number of halogens is 2. The fraction of sp³-hybridized carbons (Fsp3) is 0.333. The zero-order valence-corrected chi connectivity index (χ0v) is 17.7. The first-order valence-corrected chi connectivity index (χ1v) is 11.7. The summed E-state index contributed by atoms with van der Waals surface area (Å²) in [6.07, 6.45) is 0. The lowest BCUT2D eigenvalue weighted by Gasteiger charge is -2.29. The van der Waals surface area contributed by atoms with Gasteiger partial charge in [-0.2, -0.15) is 0 Å². The minimum Gasteiger partial charge on any atom is -0.387 e. The van der Waals surface area contributed by atoms with Crippen LogP contribution in [0.25, 0.3) is 11.0 Å². The van der Waals surface area contributed by atoms with Gasteiger partial charge >= 0.3 is 7.13 Å². The molecule has 0 fully saturated rings. The molecular formula is C12H17Cl2N5O2P2S. The summed E-state index contributed by atoms with van der Waals surface area (Å²) < 4.78 is 30.9. The number of benzene rings is 1. The third-order valence-corrected chi connectivity index (χ3v) is 12.0. The summed E-state index contributed by atoms with van der Waals surface area (Å²) in [7, 11) is 0.000219. The molecule has 2 unspecified atom stereocenters. The number of imidazole rings is 1. The summed E-state index contributed by atoms with van der Waals surface area (Å²) in [5, 5.41) is 0.554. The lowest BCUT2D eigenvalue weighted by molar-refractivity contribution is 0.502. The van der Waals surface area contributed by atoms with Crippen molar-refractivity contribution in [1.82, 2.24) is 18.7 Å². The fourth-order valence-electron chi connectivity index (χ4n) is 2.19. The van der Waals surface area contributed by atoms with Crippen molar-refractivity contribution in [2.24, 2.45) is 5.73 Å². The smallest absolute Gasteiger partial charge is 0.311 e. The molecule has 2 N–H and O–H groups in total. The van der Waals surface area contributed by atoms with Gasteiger partial charge in [-0.05, 0) is 40.3 Å². The number of aromatic nitrogens is 2. The predicted molar refractivity (Wildman–Crippen MR) is 105 cm³/mol. The normalized spacial score (nSPS) is 15.8. The molecule has 1 aromatic heterocycles. The minimum atomic E-state index is -3.62. The van der Waals surface area contributed by atoms with Crippen LogP contribution in [0.3, 0.4) is 0 Å². The Morgan fingerprint density at radius 3 is 2.29 bits per heavy atom. The standard InChI is InChI=1S/C12H17Cl2N5O2P2S/c1-17(2)22(20)23(21,18(3)4)19-10-6-8(14)7(13)5-9(10)16-12(19)11(15)24/h5-6,22H,1-4H3,(H2,15,24). The number of nitrogens with zero attached hydrogens (tertiary/aromatic N) is 4. The average molecular weight is 428 g/mol. The predicted octanol–water partition coefficient (Wildman–Crippen LogP) is 3.53. The summed E-state index contributed by atoms with van der Waals surface area (Å²) in [5.41, 5.74) is 6.59. The Bertz CT molecular complexity index is 899. The average Bonchev–Trinajstić information content (AvgIpc) is 2.84. The number of thiocarbonyl (C=S) groups is 1. The molecule has 0 aliphatic rings. The molecule has 132 valence electrons. The van der Waals surface area contributed by atoms with Gasteiger partial charge in [0.15, 0.2) is 5.82 Å². The molecule has 7 nitrogen and oxygen atoms in total. The maximum absolute atomic E-state index is 13.8. The minimum absolute atomic E-state index is 0.0610. The molecular weight excluding hydrogens is 411 g/mol. The number of rotatable bonds is 5. The lowest BCUT2D eigenvalue weighted by Crippen LogP contribution is -2.22. The molecule has 12 heteroatoms. The van der Waals surface area contributed by atoms with E-state index in [1.165, 1.54) is 25.8 Å². The van der Waals surface area contributed by atoms with Crippen LogP contribution in [0, 0.1) is 0 Å². The van der Waals surface area contributed by atoms with Crippen LogP contribution in [0.15, 0.2) is 12.1 Å². The third-order valence-electron chi connectivity index (χ3n) is 3.34. The van der Waals surface area contributed by atoms with Gasteiger partial charge < -0.3 is 5.73 Å². The van der Waals surface area contributed by atoms with Crippen LogP contribution in [-0.4, -0.2) is 51.8 Å². The van der Waals surface area contributed by atoms with Gasteiger partial charge in [0.1, 0.15) is 4.99 Å². The molecule has 0 radical (unpaired) electrons. The van der Waals surface area contributed by atoms with Crippen molar-refractivity contribution in [2.45, 2.75) is 0 Å².